The Bertz CT molecular complexity index is 710. The Balaban J connectivity index is 1.97. The third-order valence-electron chi connectivity index (χ3n) is 2.75. The predicted molar refractivity (Wildman–Crippen MR) is 82.5 cm³/mol. The minimum absolute atomic E-state index is 0.204. The van der Waals surface area contributed by atoms with Crippen LogP contribution in [0.25, 0.3) is 0 Å². The fourth-order valence-corrected chi connectivity index (χ4v) is 2.35. The Hall–Kier alpha value is -2.34. The fraction of sp³-hybridized carbons (Fsp3) is 0.133. The molecule has 0 atom stereocenters. The van der Waals surface area contributed by atoms with Crippen LogP contribution in [0, 0.1) is 0 Å². The van der Waals surface area contributed by atoms with Crippen molar-refractivity contribution in [2.24, 2.45) is 0 Å². The van der Waals surface area contributed by atoms with Crippen molar-refractivity contribution in [3.8, 4) is 0 Å². The normalized spacial score (nSPS) is 10.9. The molecule has 110 valence electrons. The molecule has 6 heteroatoms. The lowest BCUT2D eigenvalue weighted by molar-refractivity contribution is 0.0951. The van der Waals surface area contributed by atoms with Crippen molar-refractivity contribution in [3.05, 3.63) is 65.7 Å². The van der Waals surface area contributed by atoms with E-state index >= 15 is 0 Å². The number of amides is 1. The molecule has 2 aromatic rings. The van der Waals surface area contributed by atoms with E-state index in [-0.39, 0.29) is 5.91 Å². The van der Waals surface area contributed by atoms with E-state index in [1.807, 2.05) is 30.3 Å². The summed E-state index contributed by atoms with van der Waals surface area (Å²) >= 11 is 0. The number of sulfonamides is 1. The van der Waals surface area contributed by atoms with Gasteiger partial charge in [-0.05, 0) is 29.8 Å². The molecule has 0 radical (unpaired) electrons. The van der Waals surface area contributed by atoms with Crippen molar-refractivity contribution in [2.75, 3.05) is 11.0 Å². The molecule has 1 amide bonds. The lowest BCUT2D eigenvalue weighted by Crippen LogP contribution is -2.22. The third-order valence-corrected chi connectivity index (χ3v) is 3.35. The molecule has 0 unspecified atom stereocenters. The highest BCUT2D eigenvalue weighted by Gasteiger charge is 2.06. The molecule has 0 aliphatic rings. The van der Waals surface area contributed by atoms with Crippen LogP contribution in [0.4, 0.5) is 5.69 Å². The minimum atomic E-state index is -3.31. The summed E-state index contributed by atoms with van der Waals surface area (Å²) in [4.78, 5) is 12.0. The zero-order chi connectivity index (χ0) is 15.3. The molecule has 0 saturated heterocycles. The highest BCUT2D eigenvalue weighted by molar-refractivity contribution is 7.92. The zero-order valence-corrected chi connectivity index (χ0v) is 12.4. The Morgan fingerprint density at radius 3 is 2.19 bits per heavy atom. The first-order valence-electron chi connectivity index (χ1n) is 6.34. The molecule has 0 fully saturated rings. The second kappa shape index (κ2) is 6.41. The summed E-state index contributed by atoms with van der Waals surface area (Å²) in [5.74, 6) is -0.204. The van der Waals surface area contributed by atoms with Gasteiger partial charge in [-0.2, -0.15) is 0 Å². The molecule has 0 spiro atoms. The number of rotatable bonds is 5. The van der Waals surface area contributed by atoms with Crippen LogP contribution in [0.15, 0.2) is 54.6 Å². The number of nitrogens with one attached hydrogen (secondary N) is 2. The van der Waals surface area contributed by atoms with E-state index in [0.717, 1.165) is 11.8 Å². The Morgan fingerprint density at radius 1 is 1.00 bits per heavy atom. The Labute approximate surface area is 124 Å². The summed E-state index contributed by atoms with van der Waals surface area (Å²) < 4.78 is 24.5. The monoisotopic (exact) mass is 304 g/mol. The maximum atomic E-state index is 12.0. The smallest absolute Gasteiger partial charge is 0.251 e. The average molecular weight is 304 g/mol. The SMILES string of the molecule is CS(=O)(=O)Nc1ccc(C(=O)NCc2ccccc2)cc1. The number of carbonyl (C=O) groups excluding carboxylic acids is 1. The summed E-state index contributed by atoms with van der Waals surface area (Å²) in [6.45, 7) is 0.447. The van der Waals surface area contributed by atoms with Crippen LogP contribution in [0.1, 0.15) is 15.9 Å². The molecule has 5 nitrogen and oxygen atoms in total. The van der Waals surface area contributed by atoms with E-state index in [2.05, 4.69) is 10.0 Å². The molecule has 21 heavy (non-hydrogen) atoms. The van der Waals surface area contributed by atoms with Gasteiger partial charge in [0.2, 0.25) is 10.0 Å². The van der Waals surface area contributed by atoms with Crippen LogP contribution >= 0.6 is 0 Å². The van der Waals surface area contributed by atoms with Gasteiger partial charge in [-0.1, -0.05) is 30.3 Å². The first-order chi connectivity index (χ1) is 9.94. The van der Waals surface area contributed by atoms with E-state index in [4.69, 9.17) is 0 Å². The van der Waals surface area contributed by atoms with Crippen molar-refractivity contribution in [2.45, 2.75) is 6.54 Å². The van der Waals surface area contributed by atoms with Crippen molar-refractivity contribution in [1.29, 1.82) is 0 Å². The topological polar surface area (TPSA) is 75.3 Å². The van der Waals surface area contributed by atoms with Gasteiger partial charge in [0.15, 0.2) is 0 Å². The standard InChI is InChI=1S/C15H16N2O3S/c1-21(19,20)17-14-9-7-13(8-10-14)15(18)16-11-12-5-3-2-4-6-12/h2-10,17H,11H2,1H3,(H,16,18). The first-order valence-corrected chi connectivity index (χ1v) is 8.23. The number of benzene rings is 2. The van der Waals surface area contributed by atoms with Gasteiger partial charge in [0.1, 0.15) is 0 Å². The molecule has 2 rings (SSSR count). The van der Waals surface area contributed by atoms with Gasteiger partial charge in [-0.3, -0.25) is 9.52 Å². The quantitative estimate of drug-likeness (QED) is 0.887. The minimum Gasteiger partial charge on any atom is -0.348 e. The van der Waals surface area contributed by atoms with Crippen molar-refractivity contribution < 1.29 is 13.2 Å². The molecule has 0 aromatic heterocycles. The van der Waals surface area contributed by atoms with Gasteiger partial charge < -0.3 is 5.32 Å². The van der Waals surface area contributed by atoms with Crippen molar-refractivity contribution in [3.63, 3.8) is 0 Å². The van der Waals surface area contributed by atoms with E-state index < -0.39 is 10.0 Å². The predicted octanol–water partition coefficient (Wildman–Crippen LogP) is 1.99. The summed E-state index contributed by atoms with van der Waals surface area (Å²) in [6, 6.07) is 15.9. The van der Waals surface area contributed by atoms with Crippen molar-refractivity contribution >= 4 is 21.6 Å². The molecule has 0 aliphatic carbocycles. The molecule has 2 N–H and O–H groups in total. The van der Waals surface area contributed by atoms with Gasteiger partial charge in [0.05, 0.1) is 6.26 Å². The summed E-state index contributed by atoms with van der Waals surface area (Å²) in [6.07, 6.45) is 1.08. The molecule has 0 aliphatic heterocycles. The number of hydrogen-bond acceptors (Lipinski definition) is 3. The van der Waals surface area contributed by atoms with Gasteiger partial charge >= 0.3 is 0 Å². The molecule has 2 aromatic carbocycles. The van der Waals surface area contributed by atoms with E-state index in [1.165, 1.54) is 0 Å². The fourth-order valence-electron chi connectivity index (χ4n) is 1.78. The lowest BCUT2D eigenvalue weighted by Gasteiger charge is -2.07. The molecule has 0 heterocycles. The van der Waals surface area contributed by atoms with Crippen molar-refractivity contribution in [1.82, 2.24) is 5.32 Å². The van der Waals surface area contributed by atoms with Crippen LogP contribution in [-0.2, 0) is 16.6 Å². The van der Waals surface area contributed by atoms with Gasteiger partial charge in [-0.25, -0.2) is 8.42 Å². The van der Waals surface area contributed by atoms with Crippen LogP contribution < -0.4 is 10.0 Å². The van der Waals surface area contributed by atoms with E-state index in [0.29, 0.717) is 17.8 Å². The first kappa shape index (κ1) is 15.1. The van der Waals surface area contributed by atoms with Gasteiger partial charge in [0.25, 0.3) is 5.91 Å². The van der Waals surface area contributed by atoms with Crippen LogP contribution in [-0.4, -0.2) is 20.6 Å². The third kappa shape index (κ3) is 4.92. The maximum Gasteiger partial charge on any atom is 0.251 e. The largest absolute Gasteiger partial charge is 0.348 e. The highest BCUT2D eigenvalue weighted by atomic mass is 32.2. The highest BCUT2D eigenvalue weighted by Crippen LogP contribution is 2.11. The molecule has 0 saturated carbocycles. The van der Waals surface area contributed by atoms with Gasteiger partial charge in [-0.15, -0.1) is 0 Å². The van der Waals surface area contributed by atoms with Crippen LogP contribution in [0.5, 0.6) is 0 Å². The van der Waals surface area contributed by atoms with E-state index in [9.17, 15) is 13.2 Å². The van der Waals surface area contributed by atoms with E-state index in [1.54, 1.807) is 24.3 Å². The van der Waals surface area contributed by atoms with Crippen LogP contribution in [0.3, 0.4) is 0 Å². The average Bonchev–Trinajstić information content (AvgIpc) is 2.45. The molecule has 0 bridgehead atoms. The Morgan fingerprint density at radius 2 is 1.62 bits per heavy atom. The summed E-state index contributed by atoms with van der Waals surface area (Å²) in [5, 5.41) is 2.81. The molecular formula is C15H16N2O3S. The van der Waals surface area contributed by atoms with Crippen LogP contribution in [0.2, 0.25) is 0 Å². The summed E-state index contributed by atoms with van der Waals surface area (Å²) in [7, 11) is -3.31. The number of hydrogen-bond donors (Lipinski definition) is 2. The second-order valence-corrected chi connectivity index (χ2v) is 6.37. The molecular weight excluding hydrogens is 288 g/mol. The lowest BCUT2D eigenvalue weighted by atomic mass is 10.2. The Kier molecular flexibility index (Phi) is 4.59. The number of anilines is 1. The maximum absolute atomic E-state index is 12.0. The number of carbonyl (C=O) groups is 1. The van der Waals surface area contributed by atoms with Gasteiger partial charge in [0, 0.05) is 17.8 Å². The zero-order valence-electron chi connectivity index (χ0n) is 11.5. The second-order valence-electron chi connectivity index (χ2n) is 4.62. The summed E-state index contributed by atoms with van der Waals surface area (Å²) in [5.41, 5.74) is 1.92.